The van der Waals surface area contributed by atoms with Crippen LogP contribution in [0.5, 0.6) is 17.2 Å². The van der Waals surface area contributed by atoms with Crippen molar-refractivity contribution < 1.29 is 28.6 Å². The molecule has 1 aliphatic heterocycles. The molecular formula is C28H27IN2O6. The Labute approximate surface area is 229 Å². The van der Waals surface area contributed by atoms with E-state index in [9.17, 15) is 14.4 Å². The number of anilines is 1. The van der Waals surface area contributed by atoms with E-state index in [4.69, 9.17) is 14.2 Å². The van der Waals surface area contributed by atoms with Gasteiger partial charge >= 0.3 is 0 Å². The lowest BCUT2D eigenvalue weighted by atomic mass is 10.1. The van der Waals surface area contributed by atoms with Gasteiger partial charge in [-0.3, -0.25) is 14.4 Å². The summed E-state index contributed by atoms with van der Waals surface area (Å²) in [5, 5.41) is 0. The molecule has 0 aromatic heterocycles. The molecule has 0 radical (unpaired) electrons. The van der Waals surface area contributed by atoms with Gasteiger partial charge in [0, 0.05) is 15.7 Å². The number of imide groups is 1. The number of carbonyl (C=O) groups is 3. The van der Waals surface area contributed by atoms with E-state index in [1.54, 1.807) is 63.8 Å². The maximum Gasteiger partial charge on any atom is 0.257 e. The smallest absolute Gasteiger partial charge is 0.257 e. The molecule has 37 heavy (non-hydrogen) atoms. The molecule has 3 aromatic rings. The fourth-order valence-electron chi connectivity index (χ4n) is 4.30. The summed E-state index contributed by atoms with van der Waals surface area (Å²) in [4.78, 5) is 42.8. The van der Waals surface area contributed by atoms with E-state index in [0.717, 1.165) is 9.13 Å². The topological polar surface area (TPSA) is 85.4 Å². The van der Waals surface area contributed by atoms with Gasteiger partial charge in [-0.25, -0.2) is 4.90 Å². The van der Waals surface area contributed by atoms with Crippen molar-refractivity contribution in [3.8, 4) is 17.2 Å². The van der Waals surface area contributed by atoms with Crippen LogP contribution in [0.3, 0.4) is 0 Å². The first-order valence-electron chi connectivity index (χ1n) is 11.6. The molecule has 9 heteroatoms. The first kappa shape index (κ1) is 26.5. The standard InChI is InChI=1S/C28H27IN2O6/c1-35-22-11-5-19(6-12-22)27(33)30(15-14-18-4-13-24(36-2)25(16-18)37-3)23-17-26(32)31(28(23)34)21-9-7-20(29)8-10-21/h4-13,16,23H,14-15,17H2,1-3H3. The molecule has 0 saturated carbocycles. The summed E-state index contributed by atoms with van der Waals surface area (Å²) >= 11 is 2.16. The molecule has 0 aliphatic carbocycles. The van der Waals surface area contributed by atoms with Gasteiger partial charge in [-0.2, -0.15) is 0 Å². The van der Waals surface area contributed by atoms with Crippen LogP contribution in [0.15, 0.2) is 66.7 Å². The number of halogens is 1. The Bertz CT molecular complexity index is 1290. The second-order valence-corrected chi connectivity index (χ2v) is 9.68. The second kappa shape index (κ2) is 11.6. The summed E-state index contributed by atoms with van der Waals surface area (Å²) in [7, 11) is 4.67. The van der Waals surface area contributed by atoms with E-state index in [2.05, 4.69) is 22.6 Å². The molecule has 0 bridgehead atoms. The molecular weight excluding hydrogens is 587 g/mol. The Kier molecular flexibility index (Phi) is 8.32. The molecule has 0 spiro atoms. The molecule has 4 rings (SSSR count). The van der Waals surface area contributed by atoms with E-state index in [1.807, 2.05) is 24.3 Å². The number of ether oxygens (including phenoxy) is 3. The molecule has 1 fully saturated rings. The third-order valence-corrected chi connectivity index (χ3v) is 6.99. The Hall–Kier alpha value is -3.60. The zero-order valence-electron chi connectivity index (χ0n) is 20.8. The first-order chi connectivity index (χ1) is 17.9. The quantitative estimate of drug-likeness (QED) is 0.264. The number of benzene rings is 3. The maximum atomic E-state index is 13.7. The van der Waals surface area contributed by atoms with E-state index < -0.39 is 11.9 Å². The number of rotatable bonds is 9. The molecule has 3 amide bonds. The zero-order valence-corrected chi connectivity index (χ0v) is 22.9. The zero-order chi connectivity index (χ0) is 26.5. The third-order valence-electron chi connectivity index (χ3n) is 6.27. The van der Waals surface area contributed by atoms with Crippen molar-refractivity contribution >= 4 is 46.0 Å². The average Bonchev–Trinajstić information content (AvgIpc) is 3.22. The lowest BCUT2D eigenvalue weighted by Gasteiger charge is -2.28. The largest absolute Gasteiger partial charge is 0.497 e. The number of amides is 3. The minimum absolute atomic E-state index is 0.0847. The molecule has 1 saturated heterocycles. The van der Waals surface area contributed by atoms with Gasteiger partial charge < -0.3 is 19.1 Å². The van der Waals surface area contributed by atoms with Gasteiger partial charge in [0.2, 0.25) is 5.91 Å². The Morgan fingerprint density at radius 3 is 2.22 bits per heavy atom. The number of carbonyl (C=O) groups excluding carboxylic acids is 3. The normalized spacial score (nSPS) is 15.0. The highest BCUT2D eigenvalue weighted by atomic mass is 127. The maximum absolute atomic E-state index is 13.7. The van der Waals surface area contributed by atoms with E-state index in [0.29, 0.717) is 34.9 Å². The highest BCUT2D eigenvalue weighted by molar-refractivity contribution is 14.1. The summed E-state index contributed by atoms with van der Waals surface area (Å²) in [6, 6.07) is 18.4. The van der Waals surface area contributed by atoms with Gasteiger partial charge in [-0.05, 0) is 95.2 Å². The van der Waals surface area contributed by atoms with Crippen molar-refractivity contribution in [2.75, 3.05) is 32.8 Å². The fourth-order valence-corrected chi connectivity index (χ4v) is 4.66. The Morgan fingerprint density at radius 2 is 1.59 bits per heavy atom. The molecule has 1 aliphatic rings. The molecule has 1 unspecified atom stereocenters. The predicted octanol–water partition coefficient (Wildman–Crippen LogP) is 4.33. The van der Waals surface area contributed by atoms with Crippen LogP contribution in [0.2, 0.25) is 0 Å². The second-order valence-electron chi connectivity index (χ2n) is 8.43. The van der Waals surface area contributed by atoms with Crippen molar-refractivity contribution in [2.24, 2.45) is 0 Å². The van der Waals surface area contributed by atoms with Crippen molar-refractivity contribution in [3.05, 3.63) is 81.4 Å². The lowest BCUT2D eigenvalue weighted by Crippen LogP contribution is -2.46. The molecule has 0 N–H and O–H groups in total. The Balaban J connectivity index is 1.63. The van der Waals surface area contributed by atoms with Gasteiger partial charge in [0.25, 0.3) is 11.8 Å². The minimum Gasteiger partial charge on any atom is -0.497 e. The highest BCUT2D eigenvalue weighted by Gasteiger charge is 2.44. The minimum atomic E-state index is -0.915. The molecule has 192 valence electrons. The van der Waals surface area contributed by atoms with Crippen molar-refractivity contribution in [2.45, 2.75) is 18.9 Å². The van der Waals surface area contributed by atoms with Gasteiger partial charge in [-0.1, -0.05) is 6.07 Å². The summed E-state index contributed by atoms with van der Waals surface area (Å²) < 4.78 is 16.9. The predicted molar refractivity (Wildman–Crippen MR) is 147 cm³/mol. The van der Waals surface area contributed by atoms with Crippen LogP contribution in [0.25, 0.3) is 0 Å². The fraction of sp³-hybridized carbons (Fsp3) is 0.250. The first-order valence-corrected chi connectivity index (χ1v) is 12.7. The van der Waals surface area contributed by atoms with Crippen LogP contribution in [0, 0.1) is 3.57 Å². The molecule has 1 atom stereocenters. The third kappa shape index (κ3) is 5.71. The monoisotopic (exact) mass is 614 g/mol. The van der Waals surface area contributed by atoms with Crippen LogP contribution in [-0.4, -0.2) is 56.5 Å². The van der Waals surface area contributed by atoms with Crippen molar-refractivity contribution in [1.29, 1.82) is 0 Å². The lowest BCUT2D eigenvalue weighted by molar-refractivity contribution is -0.122. The summed E-state index contributed by atoms with van der Waals surface area (Å²) in [6.45, 7) is 0.227. The SMILES string of the molecule is COc1ccc(C(=O)N(CCc2ccc(OC)c(OC)c2)C2CC(=O)N(c3ccc(I)cc3)C2=O)cc1. The average molecular weight is 614 g/mol. The van der Waals surface area contributed by atoms with Gasteiger partial charge in [0.05, 0.1) is 33.4 Å². The number of nitrogens with zero attached hydrogens (tertiary/aromatic N) is 2. The van der Waals surface area contributed by atoms with E-state index in [1.165, 1.54) is 9.80 Å². The molecule has 8 nitrogen and oxygen atoms in total. The van der Waals surface area contributed by atoms with Crippen LogP contribution in [-0.2, 0) is 16.0 Å². The van der Waals surface area contributed by atoms with E-state index in [-0.39, 0.29) is 24.8 Å². The van der Waals surface area contributed by atoms with Crippen LogP contribution in [0.4, 0.5) is 5.69 Å². The van der Waals surface area contributed by atoms with Gasteiger partial charge in [-0.15, -0.1) is 0 Å². The van der Waals surface area contributed by atoms with Crippen molar-refractivity contribution in [1.82, 2.24) is 4.90 Å². The number of hydrogen-bond acceptors (Lipinski definition) is 6. The molecule has 3 aromatic carbocycles. The van der Waals surface area contributed by atoms with Crippen LogP contribution >= 0.6 is 22.6 Å². The summed E-state index contributed by atoms with van der Waals surface area (Å²) in [5.74, 6) is 0.701. The number of methoxy groups -OCH3 is 3. The summed E-state index contributed by atoms with van der Waals surface area (Å²) in [5.41, 5.74) is 1.80. The van der Waals surface area contributed by atoms with Gasteiger partial charge in [0.15, 0.2) is 11.5 Å². The van der Waals surface area contributed by atoms with Crippen LogP contribution in [0.1, 0.15) is 22.3 Å². The molecule has 1 heterocycles. The Morgan fingerprint density at radius 1 is 0.919 bits per heavy atom. The number of hydrogen-bond donors (Lipinski definition) is 0. The van der Waals surface area contributed by atoms with Crippen molar-refractivity contribution in [3.63, 3.8) is 0 Å². The van der Waals surface area contributed by atoms with E-state index >= 15 is 0 Å². The van der Waals surface area contributed by atoms with Crippen LogP contribution < -0.4 is 19.1 Å². The highest BCUT2D eigenvalue weighted by Crippen LogP contribution is 2.30. The summed E-state index contributed by atoms with van der Waals surface area (Å²) in [6.07, 6.45) is 0.363. The van der Waals surface area contributed by atoms with Gasteiger partial charge in [0.1, 0.15) is 11.8 Å².